The summed E-state index contributed by atoms with van der Waals surface area (Å²) in [5.41, 5.74) is 0.736. The number of benzene rings is 1. The van der Waals surface area contributed by atoms with E-state index >= 15 is 0 Å². The average Bonchev–Trinajstić information content (AvgIpc) is 2.02. The molecule has 13 heavy (non-hydrogen) atoms. The molecule has 0 unspecified atom stereocenters. The first-order valence-corrected chi connectivity index (χ1v) is 5.00. The van der Waals surface area contributed by atoms with Crippen LogP contribution in [0.25, 0.3) is 10.9 Å². The van der Waals surface area contributed by atoms with Crippen molar-refractivity contribution in [3.8, 4) is 0 Å². The second-order valence-electron chi connectivity index (χ2n) is 2.42. The van der Waals surface area contributed by atoms with Crippen LogP contribution in [0.2, 0.25) is 10.4 Å². The highest BCUT2D eigenvalue weighted by Crippen LogP contribution is 2.28. The molecule has 2 nitrogen and oxygen atoms in total. The fraction of sp³-hybridized carbons (Fsp3) is 0. The van der Waals surface area contributed by atoms with E-state index in [0.717, 1.165) is 15.4 Å². The van der Waals surface area contributed by atoms with E-state index in [1.165, 1.54) is 0 Å². The van der Waals surface area contributed by atoms with Crippen molar-refractivity contribution in [2.75, 3.05) is 0 Å². The lowest BCUT2D eigenvalue weighted by molar-refractivity contribution is 1.22. The van der Waals surface area contributed by atoms with Crippen molar-refractivity contribution in [3.63, 3.8) is 0 Å². The number of halogens is 3. The van der Waals surface area contributed by atoms with Gasteiger partial charge in [-0.15, -0.1) is 0 Å². The lowest BCUT2D eigenvalue weighted by atomic mass is 10.2. The van der Waals surface area contributed by atoms with Crippen molar-refractivity contribution in [2.24, 2.45) is 0 Å². The Morgan fingerprint density at radius 1 is 1.15 bits per heavy atom. The number of hydrogen-bond acceptors (Lipinski definition) is 2. The number of hydrogen-bond donors (Lipinski definition) is 0. The second-order valence-corrected chi connectivity index (χ2v) is 3.97. The standard InChI is InChI=1S/C8H3BrCl2N2/c9-4-2-1-3-5-6(4)7(10)13-8(11)12-5/h1-3H. The van der Waals surface area contributed by atoms with Gasteiger partial charge in [-0.2, -0.15) is 0 Å². The van der Waals surface area contributed by atoms with Gasteiger partial charge in [0.1, 0.15) is 5.15 Å². The van der Waals surface area contributed by atoms with E-state index < -0.39 is 0 Å². The number of rotatable bonds is 0. The van der Waals surface area contributed by atoms with Gasteiger partial charge in [0.05, 0.1) is 10.9 Å². The number of nitrogens with zero attached hydrogens (tertiary/aromatic N) is 2. The molecule has 0 N–H and O–H groups in total. The lowest BCUT2D eigenvalue weighted by Gasteiger charge is -2.01. The topological polar surface area (TPSA) is 25.8 Å². The summed E-state index contributed by atoms with van der Waals surface area (Å²) in [5.74, 6) is 0. The highest BCUT2D eigenvalue weighted by atomic mass is 79.9. The average molecular weight is 278 g/mol. The van der Waals surface area contributed by atoms with E-state index in [4.69, 9.17) is 23.2 Å². The first-order valence-electron chi connectivity index (χ1n) is 3.46. The van der Waals surface area contributed by atoms with Gasteiger partial charge < -0.3 is 0 Å². The molecule has 1 heterocycles. The lowest BCUT2D eigenvalue weighted by Crippen LogP contribution is -1.86. The van der Waals surface area contributed by atoms with E-state index in [0.29, 0.717) is 5.15 Å². The van der Waals surface area contributed by atoms with Crippen LogP contribution in [0.4, 0.5) is 0 Å². The molecule has 1 aromatic heterocycles. The minimum absolute atomic E-state index is 0.163. The van der Waals surface area contributed by atoms with Crippen LogP contribution in [0.1, 0.15) is 0 Å². The molecule has 0 saturated heterocycles. The van der Waals surface area contributed by atoms with Gasteiger partial charge in [-0.3, -0.25) is 0 Å². The van der Waals surface area contributed by atoms with Crippen molar-refractivity contribution < 1.29 is 0 Å². The van der Waals surface area contributed by atoms with Crippen molar-refractivity contribution in [2.45, 2.75) is 0 Å². The minimum Gasteiger partial charge on any atom is -0.218 e. The molecule has 0 aliphatic rings. The monoisotopic (exact) mass is 276 g/mol. The van der Waals surface area contributed by atoms with E-state index in [1.54, 1.807) is 0 Å². The highest BCUT2D eigenvalue weighted by Gasteiger charge is 2.06. The molecule has 0 atom stereocenters. The first-order chi connectivity index (χ1) is 6.18. The molecule has 0 spiro atoms. The maximum atomic E-state index is 5.90. The maximum Gasteiger partial charge on any atom is 0.224 e. The molecule has 1 aromatic carbocycles. The molecule has 66 valence electrons. The fourth-order valence-electron chi connectivity index (χ4n) is 1.07. The van der Waals surface area contributed by atoms with Crippen LogP contribution in [0.5, 0.6) is 0 Å². The summed E-state index contributed by atoms with van der Waals surface area (Å²) in [7, 11) is 0. The SMILES string of the molecule is Clc1nc(Cl)c2c(Br)cccc2n1. The van der Waals surface area contributed by atoms with Gasteiger partial charge in [0, 0.05) is 4.47 Å². The zero-order valence-corrected chi connectivity index (χ0v) is 9.36. The molecule has 2 aromatic rings. The molecule has 0 saturated carbocycles. The van der Waals surface area contributed by atoms with Crippen molar-refractivity contribution in [1.82, 2.24) is 9.97 Å². The zero-order chi connectivity index (χ0) is 9.42. The van der Waals surface area contributed by atoms with Crippen LogP contribution < -0.4 is 0 Å². The van der Waals surface area contributed by atoms with E-state index in [-0.39, 0.29) is 5.28 Å². The highest BCUT2D eigenvalue weighted by molar-refractivity contribution is 9.10. The van der Waals surface area contributed by atoms with Crippen LogP contribution in [0.3, 0.4) is 0 Å². The largest absolute Gasteiger partial charge is 0.224 e. The van der Waals surface area contributed by atoms with Gasteiger partial charge in [-0.25, -0.2) is 9.97 Å². The normalized spacial score (nSPS) is 10.7. The van der Waals surface area contributed by atoms with Crippen LogP contribution in [0, 0.1) is 0 Å². The Kier molecular flexibility index (Phi) is 2.41. The quantitative estimate of drug-likeness (QED) is 0.542. The van der Waals surface area contributed by atoms with E-state index in [2.05, 4.69) is 25.9 Å². The Labute approximate surface area is 93.0 Å². The van der Waals surface area contributed by atoms with Gasteiger partial charge >= 0.3 is 0 Å². The van der Waals surface area contributed by atoms with Gasteiger partial charge in [0.2, 0.25) is 5.28 Å². The molecule has 0 aliphatic heterocycles. The van der Waals surface area contributed by atoms with Crippen molar-refractivity contribution >= 4 is 50.0 Å². The van der Waals surface area contributed by atoms with Crippen LogP contribution in [-0.2, 0) is 0 Å². The number of aromatic nitrogens is 2. The smallest absolute Gasteiger partial charge is 0.218 e. The van der Waals surface area contributed by atoms with E-state index in [9.17, 15) is 0 Å². The molecule has 0 bridgehead atoms. The van der Waals surface area contributed by atoms with Crippen LogP contribution in [0.15, 0.2) is 22.7 Å². The Balaban J connectivity index is 2.94. The molecule has 5 heteroatoms. The summed E-state index contributed by atoms with van der Waals surface area (Å²) >= 11 is 14.9. The van der Waals surface area contributed by atoms with Crippen LogP contribution in [-0.4, -0.2) is 9.97 Å². The van der Waals surface area contributed by atoms with Crippen molar-refractivity contribution in [1.29, 1.82) is 0 Å². The Bertz CT molecular complexity index is 473. The number of fused-ring (bicyclic) bond motifs is 1. The summed E-state index contributed by atoms with van der Waals surface area (Å²) in [6.45, 7) is 0. The predicted molar refractivity (Wildman–Crippen MR) is 57.3 cm³/mol. The Morgan fingerprint density at radius 3 is 2.69 bits per heavy atom. The van der Waals surface area contributed by atoms with E-state index in [1.807, 2.05) is 18.2 Å². The molecule has 0 radical (unpaired) electrons. The van der Waals surface area contributed by atoms with Crippen LogP contribution >= 0.6 is 39.1 Å². The maximum absolute atomic E-state index is 5.90. The molecular weight excluding hydrogens is 275 g/mol. The fourth-order valence-corrected chi connectivity index (χ4v) is 2.23. The predicted octanol–water partition coefficient (Wildman–Crippen LogP) is 3.70. The van der Waals surface area contributed by atoms with Crippen molar-refractivity contribution in [3.05, 3.63) is 33.1 Å². The van der Waals surface area contributed by atoms with Gasteiger partial charge in [0.15, 0.2) is 0 Å². The third-order valence-electron chi connectivity index (χ3n) is 1.60. The summed E-state index contributed by atoms with van der Waals surface area (Å²) in [5, 5.41) is 1.31. The Morgan fingerprint density at radius 2 is 1.92 bits per heavy atom. The third kappa shape index (κ3) is 1.64. The summed E-state index contributed by atoms with van der Waals surface area (Å²) in [4.78, 5) is 7.89. The van der Waals surface area contributed by atoms with Gasteiger partial charge in [-0.1, -0.05) is 17.7 Å². The third-order valence-corrected chi connectivity index (χ3v) is 2.70. The molecule has 2 rings (SSSR count). The summed E-state index contributed by atoms with van der Waals surface area (Å²) in [6, 6.07) is 5.58. The minimum atomic E-state index is 0.163. The zero-order valence-electron chi connectivity index (χ0n) is 6.26. The molecule has 0 fully saturated rings. The summed E-state index contributed by atoms with van der Waals surface area (Å²) < 4.78 is 0.867. The molecular formula is C8H3BrCl2N2. The molecule has 0 aliphatic carbocycles. The Hall–Kier alpha value is -0.380. The van der Waals surface area contributed by atoms with Gasteiger partial charge in [0.25, 0.3) is 0 Å². The summed E-state index contributed by atoms with van der Waals surface area (Å²) in [6.07, 6.45) is 0. The second kappa shape index (κ2) is 3.40. The first kappa shape index (κ1) is 9.19. The molecule has 0 amide bonds. The van der Waals surface area contributed by atoms with Gasteiger partial charge in [-0.05, 0) is 39.7 Å².